The van der Waals surface area contributed by atoms with Crippen LogP contribution in [-0.4, -0.2) is 35.4 Å². The molecule has 0 saturated carbocycles. The highest BCUT2D eigenvalue weighted by Gasteiger charge is 2.23. The zero-order valence-corrected chi connectivity index (χ0v) is 10.9. The van der Waals surface area contributed by atoms with Crippen molar-refractivity contribution in [2.45, 2.75) is 26.2 Å². The average molecular weight is 247 g/mol. The summed E-state index contributed by atoms with van der Waals surface area (Å²) in [5, 5.41) is 0. The Bertz CT molecular complexity index is 394. The Morgan fingerprint density at radius 1 is 1.44 bits per heavy atom. The van der Waals surface area contributed by atoms with Gasteiger partial charge in [0.1, 0.15) is 0 Å². The molecule has 1 aromatic rings. The molecule has 1 saturated heterocycles. The molecule has 4 nitrogen and oxygen atoms in total. The number of pyridine rings is 1. The minimum atomic E-state index is 0.105. The lowest BCUT2D eigenvalue weighted by molar-refractivity contribution is 0.0687. The van der Waals surface area contributed by atoms with Crippen molar-refractivity contribution in [1.29, 1.82) is 0 Å². The second-order valence-electron chi connectivity index (χ2n) is 5.00. The van der Waals surface area contributed by atoms with Gasteiger partial charge in [-0.05, 0) is 50.8 Å². The van der Waals surface area contributed by atoms with Gasteiger partial charge in [0.05, 0.1) is 5.56 Å². The van der Waals surface area contributed by atoms with Gasteiger partial charge < -0.3 is 10.6 Å². The molecule has 0 spiro atoms. The van der Waals surface area contributed by atoms with Crippen molar-refractivity contribution in [2.24, 2.45) is 11.7 Å². The van der Waals surface area contributed by atoms with Crippen molar-refractivity contribution in [1.82, 2.24) is 9.88 Å². The Morgan fingerprint density at radius 2 is 2.17 bits per heavy atom. The number of amides is 1. The molecule has 98 valence electrons. The number of carbonyl (C=O) groups is 1. The third-order valence-corrected chi connectivity index (χ3v) is 3.63. The van der Waals surface area contributed by atoms with Crippen LogP contribution in [0, 0.1) is 12.8 Å². The molecule has 1 aliphatic heterocycles. The highest BCUT2D eigenvalue weighted by molar-refractivity contribution is 5.93. The normalized spacial score (nSPS) is 16.9. The molecule has 0 aromatic carbocycles. The molecule has 0 atom stereocenters. The largest absolute Gasteiger partial charge is 0.339 e. The summed E-state index contributed by atoms with van der Waals surface area (Å²) >= 11 is 0. The average Bonchev–Trinajstić information content (AvgIpc) is 2.40. The van der Waals surface area contributed by atoms with Crippen LogP contribution in [0.5, 0.6) is 0 Å². The first-order valence-electron chi connectivity index (χ1n) is 6.62. The molecule has 2 N–H and O–H groups in total. The molecular weight excluding hydrogens is 226 g/mol. The van der Waals surface area contributed by atoms with Crippen molar-refractivity contribution in [3.63, 3.8) is 0 Å². The van der Waals surface area contributed by atoms with Crippen molar-refractivity contribution in [3.05, 3.63) is 29.6 Å². The van der Waals surface area contributed by atoms with Gasteiger partial charge in [-0.25, -0.2) is 0 Å². The minimum absolute atomic E-state index is 0.105. The first-order chi connectivity index (χ1) is 8.70. The molecule has 0 bridgehead atoms. The molecular formula is C14H21N3O. The van der Waals surface area contributed by atoms with Crippen LogP contribution in [0.15, 0.2) is 18.3 Å². The van der Waals surface area contributed by atoms with E-state index in [4.69, 9.17) is 5.73 Å². The van der Waals surface area contributed by atoms with E-state index < -0.39 is 0 Å². The molecule has 1 amide bonds. The number of aryl methyl sites for hydroxylation is 1. The number of likely N-dealkylation sites (tertiary alicyclic amines) is 1. The molecule has 1 aliphatic rings. The van der Waals surface area contributed by atoms with Crippen molar-refractivity contribution in [3.8, 4) is 0 Å². The Morgan fingerprint density at radius 3 is 2.72 bits per heavy atom. The van der Waals surface area contributed by atoms with Gasteiger partial charge >= 0.3 is 0 Å². The topological polar surface area (TPSA) is 59.2 Å². The summed E-state index contributed by atoms with van der Waals surface area (Å²) in [5.41, 5.74) is 7.20. The van der Waals surface area contributed by atoms with E-state index in [0.717, 1.165) is 44.6 Å². The summed E-state index contributed by atoms with van der Waals surface area (Å²) in [7, 11) is 0. The van der Waals surface area contributed by atoms with Crippen LogP contribution in [0.1, 0.15) is 35.3 Å². The number of nitrogens with two attached hydrogens (primary N) is 1. The van der Waals surface area contributed by atoms with Gasteiger partial charge in [-0.15, -0.1) is 0 Å². The fourth-order valence-electron chi connectivity index (χ4n) is 2.44. The molecule has 4 heteroatoms. The maximum atomic E-state index is 12.2. The van der Waals surface area contributed by atoms with Crippen molar-refractivity contribution in [2.75, 3.05) is 19.6 Å². The lowest BCUT2D eigenvalue weighted by Crippen LogP contribution is -2.38. The molecule has 2 rings (SSSR count). The van der Waals surface area contributed by atoms with Crippen LogP contribution in [-0.2, 0) is 0 Å². The zero-order chi connectivity index (χ0) is 13.0. The third-order valence-electron chi connectivity index (χ3n) is 3.63. The molecule has 0 aliphatic carbocycles. The number of hydrogen-bond acceptors (Lipinski definition) is 3. The second-order valence-corrected chi connectivity index (χ2v) is 5.00. The Labute approximate surface area is 108 Å². The van der Waals surface area contributed by atoms with Gasteiger partial charge in [0, 0.05) is 25.0 Å². The number of nitrogens with zero attached hydrogens (tertiary/aromatic N) is 2. The van der Waals surface area contributed by atoms with Gasteiger partial charge in [0.25, 0.3) is 5.91 Å². The molecule has 2 heterocycles. The summed E-state index contributed by atoms with van der Waals surface area (Å²) in [6.45, 7) is 4.36. The summed E-state index contributed by atoms with van der Waals surface area (Å²) < 4.78 is 0. The van der Waals surface area contributed by atoms with E-state index in [1.165, 1.54) is 0 Å². The zero-order valence-electron chi connectivity index (χ0n) is 10.9. The minimum Gasteiger partial charge on any atom is -0.339 e. The molecule has 0 unspecified atom stereocenters. The predicted octanol–water partition coefficient (Wildman–Crippen LogP) is 1.59. The van der Waals surface area contributed by atoms with Gasteiger partial charge in [-0.2, -0.15) is 0 Å². The Balaban J connectivity index is 1.93. The first kappa shape index (κ1) is 13.0. The van der Waals surface area contributed by atoms with Crippen LogP contribution in [0.3, 0.4) is 0 Å². The highest BCUT2D eigenvalue weighted by atomic mass is 16.2. The van der Waals surface area contributed by atoms with E-state index in [-0.39, 0.29) is 5.91 Å². The van der Waals surface area contributed by atoms with Gasteiger partial charge in [0.2, 0.25) is 0 Å². The van der Waals surface area contributed by atoms with E-state index in [2.05, 4.69) is 4.98 Å². The van der Waals surface area contributed by atoms with E-state index in [9.17, 15) is 4.79 Å². The van der Waals surface area contributed by atoms with E-state index in [1.807, 2.05) is 24.0 Å². The van der Waals surface area contributed by atoms with E-state index >= 15 is 0 Å². The molecule has 0 radical (unpaired) electrons. The maximum absolute atomic E-state index is 12.2. The SMILES string of the molecule is Cc1ccc(C(=O)N2CCC(CCN)CC2)cn1. The summed E-state index contributed by atoms with van der Waals surface area (Å²) in [4.78, 5) is 18.3. The highest BCUT2D eigenvalue weighted by Crippen LogP contribution is 2.21. The first-order valence-corrected chi connectivity index (χ1v) is 6.62. The standard InChI is InChI=1S/C14H21N3O/c1-11-2-3-13(10-16-11)14(18)17-8-5-12(4-7-15)6-9-17/h2-3,10,12H,4-9,15H2,1H3. The van der Waals surface area contributed by atoms with Crippen molar-refractivity contribution < 1.29 is 4.79 Å². The van der Waals surface area contributed by atoms with Gasteiger partial charge in [-0.3, -0.25) is 9.78 Å². The number of hydrogen-bond donors (Lipinski definition) is 1. The molecule has 1 fully saturated rings. The van der Waals surface area contributed by atoms with Crippen LogP contribution < -0.4 is 5.73 Å². The second kappa shape index (κ2) is 5.96. The molecule has 18 heavy (non-hydrogen) atoms. The fourth-order valence-corrected chi connectivity index (χ4v) is 2.44. The maximum Gasteiger partial charge on any atom is 0.255 e. The van der Waals surface area contributed by atoms with Crippen LogP contribution in [0.2, 0.25) is 0 Å². The summed E-state index contributed by atoms with van der Waals surface area (Å²) in [5.74, 6) is 0.795. The fraction of sp³-hybridized carbons (Fsp3) is 0.571. The lowest BCUT2D eigenvalue weighted by atomic mass is 9.93. The predicted molar refractivity (Wildman–Crippen MR) is 71.3 cm³/mol. The number of piperidine rings is 1. The smallest absolute Gasteiger partial charge is 0.255 e. The van der Waals surface area contributed by atoms with Crippen LogP contribution in [0.25, 0.3) is 0 Å². The number of carbonyl (C=O) groups excluding carboxylic acids is 1. The monoisotopic (exact) mass is 247 g/mol. The van der Waals surface area contributed by atoms with Crippen LogP contribution in [0.4, 0.5) is 0 Å². The summed E-state index contributed by atoms with van der Waals surface area (Å²) in [6.07, 6.45) is 4.89. The third kappa shape index (κ3) is 3.07. The lowest BCUT2D eigenvalue weighted by Gasteiger charge is -2.31. The van der Waals surface area contributed by atoms with E-state index in [0.29, 0.717) is 11.5 Å². The van der Waals surface area contributed by atoms with E-state index in [1.54, 1.807) is 6.20 Å². The Kier molecular flexibility index (Phi) is 4.31. The Hall–Kier alpha value is -1.42. The van der Waals surface area contributed by atoms with Gasteiger partial charge in [0.15, 0.2) is 0 Å². The number of aromatic nitrogens is 1. The van der Waals surface area contributed by atoms with Gasteiger partial charge in [-0.1, -0.05) is 0 Å². The van der Waals surface area contributed by atoms with Crippen LogP contribution >= 0.6 is 0 Å². The van der Waals surface area contributed by atoms with Crippen molar-refractivity contribution >= 4 is 5.91 Å². The molecule has 1 aromatic heterocycles. The number of rotatable bonds is 3. The summed E-state index contributed by atoms with van der Waals surface area (Å²) in [6, 6.07) is 3.74. The quantitative estimate of drug-likeness (QED) is 0.882.